The highest BCUT2D eigenvalue weighted by Crippen LogP contribution is 2.44. The van der Waals surface area contributed by atoms with E-state index in [-0.39, 0.29) is 11.8 Å². The predicted molar refractivity (Wildman–Crippen MR) is 126 cm³/mol. The second-order valence-electron chi connectivity index (χ2n) is 8.51. The van der Waals surface area contributed by atoms with Crippen LogP contribution < -0.4 is 9.47 Å². The molecule has 1 saturated carbocycles. The molecule has 0 amide bonds. The minimum Gasteiger partial charge on any atom is -0.493 e. The summed E-state index contributed by atoms with van der Waals surface area (Å²) in [7, 11) is 3.34. The van der Waals surface area contributed by atoms with Gasteiger partial charge in [-0.25, -0.2) is 0 Å². The van der Waals surface area contributed by atoms with Crippen LogP contribution in [0, 0.1) is 0 Å². The molecule has 2 atom stereocenters. The molecule has 4 nitrogen and oxygen atoms in total. The van der Waals surface area contributed by atoms with E-state index in [4.69, 9.17) is 14.5 Å². The molecule has 2 aliphatic rings. The lowest BCUT2D eigenvalue weighted by atomic mass is 9.75. The SMILES string of the molecule is COc1cc2c(cc1OC)[C@H]1CCCC[C@H]1N=C2c1cccc(C(=O)c2ccccc2)c1. The molecule has 0 N–H and O–H groups in total. The maximum atomic E-state index is 13.1. The molecular formula is C28H27NO3. The van der Waals surface area contributed by atoms with Crippen molar-refractivity contribution < 1.29 is 14.3 Å². The number of hydrogen-bond acceptors (Lipinski definition) is 4. The standard InChI is InChI=1S/C28H27NO3/c1-31-25-16-22-21-13-6-7-14-24(21)29-27(23(22)17-26(25)32-2)19-11-8-12-20(15-19)28(30)18-9-4-3-5-10-18/h3-5,8-12,15-17,21,24H,6-7,13-14H2,1-2H3/t21-,24-/m1/s1. The van der Waals surface area contributed by atoms with Crippen LogP contribution in [0.4, 0.5) is 0 Å². The van der Waals surface area contributed by atoms with E-state index < -0.39 is 0 Å². The highest BCUT2D eigenvalue weighted by atomic mass is 16.5. The van der Waals surface area contributed by atoms with Gasteiger partial charge in [0.15, 0.2) is 17.3 Å². The second-order valence-corrected chi connectivity index (χ2v) is 8.51. The fraction of sp³-hybridized carbons (Fsp3) is 0.286. The van der Waals surface area contributed by atoms with Crippen LogP contribution in [0.25, 0.3) is 0 Å². The summed E-state index contributed by atoms with van der Waals surface area (Å²) in [4.78, 5) is 18.3. The van der Waals surface area contributed by atoms with Crippen LogP contribution in [-0.2, 0) is 0 Å². The van der Waals surface area contributed by atoms with Crippen LogP contribution in [0.5, 0.6) is 11.5 Å². The number of fused-ring (bicyclic) bond motifs is 3. The van der Waals surface area contributed by atoms with Crippen LogP contribution in [-0.4, -0.2) is 31.8 Å². The Morgan fingerprint density at radius 1 is 0.844 bits per heavy atom. The number of aliphatic imine (C=N–C) groups is 1. The van der Waals surface area contributed by atoms with E-state index >= 15 is 0 Å². The third-order valence-electron chi connectivity index (χ3n) is 6.67. The molecule has 1 aliphatic heterocycles. The molecule has 0 spiro atoms. The normalized spacial score (nSPS) is 19.4. The fourth-order valence-corrected chi connectivity index (χ4v) is 5.06. The Morgan fingerprint density at radius 3 is 2.34 bits per heavy atom. The number of carbonyl (C=O) groups is 1. The van der Waals surface area contributed by atoms with Crippen LogP contribution >= 0.6 is 0 Å². The molecule has 32 heavy (non-hydrogen) atoms. The Kier molecular flexibility index (Phi) is 5.52. The minimum absolute atomic E-state index is 0.0203. The lowest BCUT2D eigenvalue weighted by Crippen LogP contribution is -2.29. The zero-order valence-corrected chi connectivity index (χ0v) is 18.5. The van der Waals surface area contributed by atoms with Crippen molar-refractivity contribution in [3.8, 4) is 11.5 Å². The quantitative estimate of drug-likeness (QED) is 0.485. The van der Waals surface area contributed by atoms with Crippen molar-refractivity contribution in [2.75, 3.05) is 14.2 Å². The smallest absolute Gasteiger partial charge is 0.193 e. The lowest BCUT2D eigenvalue weighted by Gasteiger charge is -2.35. The van der Waals surface area contributed by atoms with Gasteiger partial charge >= 0.3 is 0 Å². The Balaban J connectivity index is 1.62. The number of benzene rings is 3. The van der Waals surface area contributed by atoms with Crippen LogP contribution in [0.1, 0.15) is 64.2 Å². The molecule has 0 saturated heterocycles. The first-order valence-corrected chi connectivity index (χ1v) is 11.2. The molecule has 162 valence electrons. The van der Waals surface area contributed by atoms with E-state index in [1.165, 1.54) is 18.4 Å². The number of ketones is 1. The summed E-state index contributed by atoms with van der Waals surface area (Å²) < 4.78 is 11.2. The summed E-state index contributed by atoms with van der Waals surface area (Å²) in [5.74, 6) is 1.87. The molecule has 1 fully saturated rings. The van der Waals surface area contributed by atoms with Crippen molar-refractivity contribution in [3.05, 3.63) is 94.5 Å². The molecule has 3 aromatic rings. The van der Waals surface area contributed by atoms with E-state index in [0.29, 0.717) is 22.8 Å². The van der Waals surface area contributed by atoms with Gasteiger partial charge in [-0.1, -0.05) is 61.4 Å². The minimum atomic E-state index is 0.0203. The Hall–Kier alpha value is -3.40. The molecule has 0 aromatic heterocycles. The van der Waals surface area contributed by atoms with Gasteiger partial charge in [-0.15, -0.1) is 0 Å². The molecule has 0 unspecified atom stereocenters. The third kappa shape index (κ3) is 3.60. The van der Waals surface area contributed by atoms with E-state index in [1.54, 1.807) is 14.2 Å². The Morgan fingerprint density at radius 2 is 1.56 bits per heavy atom. The predicted octanol–water partition coefficient (Wildman–Crippen LogP) is 5.81. The molecule has 5 rings (SSSR count). The largest absolute Gasteiger partial charge is 0.493 e. The Labute approximate surface area is 188 Å². The van der Waals surface area contributed by atoms with Crippen molar-refractivity contribution in [1.29, 1.82) is 0 Å². The second kappa shape index (κ2) is 8.62. The summed E-state index contributed by atoms with van der Waals surface area (Å²) in [5, 5.41) is 0. The van der Waals surface area contributed by atoms with Gasteiger partial charge in [0.25, 0.3) is 0 Å². The number of rotatable bonds is 5. The monoisotopic (exact) mass is 425 g/mol. The maximum Gasteiger partial charge on any atom is 0.193 e. The van der Waals surface area contributed by atoms with Gasteiger partial charge in [0.05, 0.1) is 26.0 Å². The summed E-state index contributed by atoms with van der Waals surface area (Å²) in [6, 6.07) is 21.7. The van der Waals surface area contributed by atoms with Crippen molar-refractivity contribution in [1.82, 2.24) is 0 Å². The van der Waals surface area contributed by atoms with Crippen molar-refractivity contribution in [3.63, 3.8) is 0 Å². The molecule has 4 heteroatoms. The number of nitrogens with zero attached hydrogens (tertiary/aromatic N) is 1. The zero-order chi connectivity index (χ0) is 22.1. The van der Waals surface area contributed by atoms with Gasteiger partial charge < -0.3 is 9.47 Å². The van der Waals surface area contributed by atoms with Gasteiger partial charge in [-0.3, -0.25) is 9.79 Å². The Bertz CT molecular complexity index is 1180. The highest BCUT2D eigenvalue weighted by Gasteiger charge is 2.34. The summed E-state index contributed by atoms with van der Waals surface area (Å²) in [6.45, 7) is 0. The van der Waals surface area contributed by atoms with E-state index in [1.807, 2.05) is 60.7 Å². The number of ether oxygens (including phenoxy) is 2. The first-order valence-electron chi connectivity index (χ1n) is 11.2. The fourth-order valence-electron chi connectivity index (χ4n) is 5.06. The first kappa shape index (κ1) is 20.5. The molecule has 3 aromatic carbocycles. The number of carbonyl (C=O) groups excluding carboxylic acids is 1. The van der Waals surface area contributed by atoms with Gasteiger partial charge in [-0.05, 0) is 36.6 Å². The lowest BCUT2D eigenvalue weighted by molar-refractivity contribution is 0.103. The maximum absolute atomic E-state index is 13.1. The van der Waals surface area contributed by atoms with Crippen LogP contribution in [0.3, 0.4) is 0 Å². The summed E-state index contributed by atoms with van der Waals surface area (Å²) in [6.07, 6.45) is 4.65. The first-order chi connectivity index (χ1) is 15.7. The van der Waals surface area contributed by atoms with Crippen molar-refractivity contribution >= 4 is 11.5 Å². The van der Waals surface area contributed by atoms with E-state index in [2.05, 4.69) is 6.07 Å². The van der Waals surface area contributed by atoms with E-state index in [9.17, 15) is 4.79 Å². The topological polar surface area (TPSA) is 47.9 Å². The summed E-state index contributed by atoms with van der Waals surface area (Å²) >= 11 is 0. The molecular weight excluding hydrogens is 398 g/mol. The average Bonchev–Trinajstić information content (AvgIpc) is 2.87. The number of methoxy groups -OCH3 is 2. The average molecular weight is 426 g/mol. The van der Waals surface area contributed by atoms with Gasteiger partial charge in [-0.2, -0.15) is 0 Å². The highest BCUT2D eigenvalue weighted by molar-refractivity contribution is 6.17. The molecule has 1 aliphatic carbocycles. The van der Waals surface area contributed by atoms with Crippen LogP contribution in [0.15, 0.2) is 71.7 Å². The zero-order valence-electron chi connectivity index (χ0n) is 18.5. The van der Waals surface area contributed by atoms with Gasteiger partial charge in [0.2, 0.25) is 0 Å². The van der Waals surface area contributed by atoms with E-state index in [0.717, 1.165) is 35.4 Å². The third-order valence-corrected chi connectivity index (χ3v) is 6.67. The molecule has 0 bridgehead atoms. The van der Waals surface area contributed by atoms with Gasteiger partial charge in [0, 0.05) is 28.2 Å². The van der Waals surface area contributed by atoms with Crippen molar-refractivity contribution in [2.24, 2.45) is 4.99 Å². The van der Waals surface area contributed by atoms with Crippen LogP contribution in [0.2, 0.25) is 0 Å². The number of hydrogen-bond donors (Lipinski definition) is 0. The molecule has 0 radical (unpaired) electrons. The summed E-state index contributed by atoms with van der Waals surface area (Å²) in [5.41, 5.74) is 5.61. The molecule has 1 heterocycles. The van der Waals surface area contributed by atoms with Crippen molar-refractivity contribution in [2.45, 2.75) is 37.6 Å². The van der Waals surface area contributed by atoms with Gasteiger partial charge in [0.1, 0.15) is 0 Å².